The number of aliphatic hydroxyl groups excluding tert-OH is 1. The van der Waals surface area contributed by atoms with Gasteiger partial charge in [0.15, 0.2) is 5.69 Å². The van der Waals surface area contributed by atoms with Crippen molar-refractivity contribution < 1.29 is 15.0 Å². The molecule has 2 rings (SSSR count). The third kappa shape index (κ3) is 1.94. The Bertz CT molecular complexity index is 375. The van der Waals surface area contributed by atoms with E-state index in [0.29, 0.717) is 24.8 Å². The standard InChI is InChI=1S/C9H13N3O3/c13-2-1-6-3-10-9-11-7(8(14)15)5-12(9)4-6/h5-6,13H,1-4H2,(H,10,11)(H,14,15). The molecule has 0 aromatic carbocycles. The van der Waals surface area contributed by atoms with Crippen LogP contribution in [-0.4, -0.2) is 38.9 Å². The molecule has 3 N–H and O–H groups in total. The minimum atomic E-state index is -1.02. The van der Waals surface area contributed by atoms with Crippen molar-refractivity contribution in [1.29, 1.82) is 0 Å². The van der Waals surface area contributed by atoms with Crippen LogP contribution in [0.3, 0.4) is 0 Å². The van der Waals surface area contributed by atoms with Crippen molar-refractivity contribution in [3.63, 3.8) is 0 Å². The molecular weight excluding hydrogens is 198 g/mol. The first-order chi connectivity index (χ1) is 7.20. The van der Waals surface area contributed by atoms with Crippen molar-refractivity contribution in [3.8, 4) is 0 Å². The average molecular weight is 211 g/mol. The molecule has 0 fully saturated rings. The quantitative estimate of drug-likeness (QED) is 0.655. The van der Waals surface area contributed by atoms with Crippen molar-refractivity contribution in [2.75, 3.05) is 18.5 Å². The molecule has 1 atom stereocenters. The predicted molar refractivity (Wildman–Crippen MR) is 52.9 cm³/mol. The van der Waals surface area contributed by atoms with Crippen molar-refractivity contribution in [1.82, 2.24) is 9.55 Å². The molecule has 0 radical (unpaired) electrons. The number of imidazole rings is 1. The second kappa shape index (κ2) is 3.90. The van der Waals surface area contributed by atoms with Crippen LogP contribution in [0.5, 0.6) is 0 Å². The molecule has 0 saturated heterocycles. The number of aliphatic hydroxyl groups is 1. The van der Waals surface area contributed by atoms with Crippen LogP contribution in [0.1, 0.15) is 16.9 Å². The molecule has 0 spiro atoms. The van der Waals surface area contributed by atoms with Crippen molar-refractivity contribution in [2.45, 2.75) is 13.0 Å². The zero-order valence-corrected chi connectivity index (χ0v) is 8.18. The number of nitrogens with one attached hydrogen (secondary N) is 1. The molecule has 1 aromatic heterocycles. The summed E-state index contributed by atoms with van der Waals surface area (Å²) in [7, 11) is 0. The van der Waals surface area contributed by atoms with Gasteiger partial charge in [-0.3, -0.25) is 0 Å². The van der Waals surface area contributed by atoms with E-state index < -0.39 is 5.97 Å². The van der Waals surface area contributed by atoms with Crippen LogP contribution in [0.15, 0.2) is 6.20 Å². The lowest BCUT2D eigenvalue weighted by Gasteiger charge is -2.24. The SMILES string of the molecule is O=C(O)c1cn2c(n1)NCC(CCO)C2. The van der Waals surface area contributed by atoms with E-state index in [4.69, 9.17) is 10.2 Å². The maximum atomic E-state index is 10.7. The summed E-state index contributed by atoms with van der Waals surface area (Å²) in [6, 6.07) is 0. The third-order valence-corrected chi connectivity index (χ3v) is 2.54. The molecule has 0 saturated carbocycles. The van der Waals surface area contributed by atoms with E-state index in [9.17, 15) is 4.79 Å². The van der Waals surface area contributed by atoms with E-state index in [1.54, 1.807) is 4.57 Å². The number of aromatic nitrogens is 2. The molecule has 6 heteroatoms. The molecule has 15 heavy (non-hydrogen) atoms. The topological polar surface area (TPSA) is 87.4 Å². The number of carbonyl (C=O) groups is 1. The van der Waals surface area contributed by atoms with Gasteiger partial charge in [0.1, 0.15) is 0 Å². The molecule has 1 aliphatic rings. The average Bonchev–Trinajstić information content (AvgIpc) is 2.61. The van der Waals surface area contributed by atoms with Crippen molar-refractivity contribution in [3.05, 3.63) is 11.9 Å². The fraction of sp³-hybridized carbons (Fsp3) is 0.556. The van der Waals surface area contributed by atoms with Gasteiger partial charge in [0.05, 0.1) is 0 Å². The Kier molecular flexibility index (Phi) is 2.59. The van der Waals surface area contributed by atoms with Gasteiger partial charge in [-0.25, -0.2) is 9.78 Å². The summed E-state index contributed by atoms with van der Waals surface area (Å²) >= 11 is 0. The van der Waals surface area contributed by atoms with Crippen LogP contribution in [-0.2, 0) is 6.54 Å². The molecule has 0 aliphatic carbocycles. The summed E-state index contributed by atoms with van der Waals surface area (Å²) < 4.78 is 1.78. The lowest BCUT2D eigenvalue weighted by molar-refractivity contribution is 0.0691. The van der Waals surface area contributed by atoms with Crippen LogP contribution in [0.2, 0.25) is 0 Å². The van der Waals surface area contributed by atoms with Crippen LogP contribution >= 0.6 is 0 Å². The first-order valence-electron chi connectivity index (χ1n) is 4.86. The molecular formula is C9H13N3O3. The summed E-state index contributed by atoms with van der Waals surface area (Å²) in [5.74, 6) is -0.0858. The fourth-order valence-electron chi connectivity index (χ4n) is 1.75. The van der Waals surface area contributed by atoms with Gasteiger partial charge in [-0.2, -0.15) is 0 Å². The molecule has 1 unspecified atom stereocenters. The second-order valence-corrected chi connectivity index (χ2v) is 3.67. The summed E-state index contributed by atoms with van der Waals surface area (Å²) in [6.45, 7) is 1.60. The van der Waals surface area contributed by atoms with E-state index in [-0.39, 0.29) is 12.3 Å². The number of rotatable bonds is 3. The normalized spacial score (nSPS) is 19.4. The highest BCUT2D eigenvalue weighted by Crippen LogP contribution is 2.19. The highest BCUT2D eigenvalue weighted by Gasteiger charge is 2.21. The first kappa shape index (κ1) is 9.97. The number of carboxylic acid groups (broad SMARTS) is 1. The van der Waals surface area contributed by atoms with Gasteiger partial charge in [-0.05, 0) is 12.3 Å². The minimum Gasteiger partial charge on any atom is -0.476 e. The largest absolute Gasteiger partial charge is 0.476 e. The molecule has 0 amide bonds. The Morgan fingerprint density at radius 1 is 1.73 bits per heavy atom. The zero-order valence-electron chi connectivity index (χ0n) is 8.18. The summed E-state index contributed by atoms with van der Waals surface area (Å²) in [4.78, 5) is 14.6. The summed E-state index contributed by atoms with van der Waals surface area (Å²) in [5.41, 5.74) is 0.0575. The van der Waals surface area contributed by atoms with Crippen LogP contribution in [0, 0.1) is 5.92 Å². The van der Waals surface area contributed by atoms with Gasteiger partial charge >= 0.3 is 5.97 Å². The number of hydrogen-bond donors (Lipinski definition) is 3. The second-order valence-electron chi connectivity index (χ2n) is 3.67. The summed E-state index contributed by atoms with van der Waals surface area (Å²) in [6.07, 6.45) is 2.24. The Hall–Kier alpha value is -1.56. The lowest BCUT2D eigenvalue weighted by atomic mass is 10.1. The highest BCUT2D eigenvalue weighted by atomic mass is 16.4. The smallest absolute Gasteiger partial charge is 0.356 e. The number of nitrogens with zero attached hydrogens (tertiary/aromatic N) is 2. The molecule has 1 aliphatic heterocycles. The number of aromatic carboxylic acids is 1. The van der Waals surface area contributed by atoms with E-state index in [1.165, 1.54) is 6.20 Å². The number of carboxylic acids is 1. The minimum absolute atomic E-state index is 0.0575. The van der Waals surface area contributed by atoms with Crippen molar-refractivity contribution in [2.24, 2.45) is 5.92 Å². The Morgan fingerprint density at radius 2 is 2.53 bits per heavy atom. The lowest BCUT2D eigenvalue weighted by Crippen LogP contribution is -2.27. The first-order valence-corrected chi connectivity index (χ1v) is 4.86. The van der Waals surface area contributed by atoms with E-state index >= 15 is 0 Å². The highest BCUT2D eigenvalue weighted by molar-refractivity contribution is 5.85. The number of fused-ring (bicyclic) bond motifs is 1. The Balaban J connectivity index is 2.15. The number of hydrogen-bond acceptors (Lipinski definition) is 4. The van der Waals surface area contributed by atoms with E-state index in [0.717, 1.165) is 6.54 Å². The Morgan fingerprint density at radius 3 is 3.20 bits per heavy atom. The molecule has 0 bridgehead atoms. The van der Waals surface area contributed by atoms with Crippen molar-refractivity contribution >= 4 is 11.9 Å². The van der Waals surface area contributed by atoms with Gasteiger partial charge in [-0.1, -0.05) is 0 Å². The summed E-state index contributed by atoms with van der Waals surface area (Å²) in [5, 5.41) is 20.6. The van der Waals surface area contributed by atoms with Crippen LogP contribution < -0.4 is 5.32 Å². The maximum Gasteiger partial charge on any atom is 0.356 e. The van der Waals surface area contributed by atoms with E-state index in [2.05, 4.69) is 10.3 Å². The number of anilines is 1. The third-order valence-electron chi connectivity index (χ3n) is 2.54. The Labute approximate surface area is 86.6 Å². The fourth-order valence-corrected chi connectivity index (χ4v) is 1.75. The van der Waals surface area contributed by atoms with Crippen LogP contribution in [0.4, 0.5) is 5.95 Å². The van der Waals surface area contributed by atoms with Gasteiger partial charge in [0.25, 0.3) is 0 Å². The van der Waals surface area contributed by atoms with Gasteiger partial charge in [0.2, 0.25) is 5.95 Å². The van der Waals surface area contributed by atoms with Gasteiger partial charge < -0.3 is 20.1 Å². The molecule has 1 aromatic rings. The van der Waals surface area contributed by atoms with Gasteiger partial charge in [-0.15, -0.1) is 0 Å². The molecule has 6 nitrogen and oxygen atoms in total. The predicted octanol–water partition coefficient (Wildman–Crippen LogP) is 0.00540. The maximum absolute atomic E-state index is 10.7. The van der Waals surface area contributed by atoms with E-state index in [1.807, 2.05) is 0 Å². The van der Waals surface area contributed by atoms with Gasteiger partial charge in [0, 0.05) is 25.9 Å². The monoisotopic (exact) mass is 211 g/mol. The van der Waals surface area contributed by atoms with Crippen LogP contribution in [0.25, 0.3) is 0 Å². The molecule has 82 valence electrons. The molecule has 2 heterocycles. The zero-order chi connectivity index (χ0) is 10.8.